The van der Waals surface area contributed by atoms with Crippen LogP contribution >= 0.6 is 0 Å². The largest absolute Gasteiger partial charge is 0.319 e. The van der Waals surface area contributed by atoms with Crippen LogP contribution in [0.3, 0.4) is 0 Å². The molecule has 0 bridgehead atoms. The van der Waals surface area contributed by atoms with Gasteiger partial charge in [0.25, 0.3) is 5.91 Å². The monoisotopic (exact) mass is 500 g/mol. The first-order valence-electron chi connectivity index (χ1n) is 10.7. The second-order valence-electron chi connectivity index (χ2n) is 8.43. The number of halogens is 3. The van der Waals surface area contributed by atoms with Gasteiger partial charge >= 0.3 is 0 Å². The highest BCUT2D eigenvalue weighted by Gasteiger charge is 2.32. The molecule has 1 saturated heterocycles. The molecule has 7 nitrogen and oxygen atoms in total. The lowest BCUT2D eigenvalue weighted by Gasteiger charge is -2.13. The Morgan fingerprint density at radius 1 is 1.06 bits per heavy atom. The van der Waals surface area contributed by atoms with Crippen LogP contribution in [0.15, 0.2) is 48.5 Å². The van der Waals surface area contributed by atoms with Gasteiger partial charge in [0.15, 0.2) is 15.5 Å². The first-order valence-corrected chi connectivity index (χ1v) is 12.6. The van der Waals surface area contributed by atoms with Crippen molar-refractivity contribution < 1.29 is 26.4 Å². The van der Waals surface area contributed by atoms with Gasteiger partial charge in [0.2, 0.25) is 0 Å². The van der Waals surface area contributed by atoms with Gasteiger partial charge < -0.3 is 5.32 Å². The molecule has 4 aromatic rings. The van der Waals surface area contributed by atoms with Crippen LogP contribution in [0.1, 0.15) is 28.5 Å². The van der Waals surface area contributed by atoms with Gasteiger partial charge in [0.05, 0.1) is 45.6 Å². The first kappa shape index (κ1) is 23.0. The Kier molecular flexibility index (Phi) is 5.59. The molecule has 35 heavy (non-hydrogen) atoms. The minimum atomic E-state index is -3.23. The van der Waals surface area contributed by atoms with E-state index in [0.717, 1.165) is 12.1 Å². The lowest BCUT2D eigenvalue weighted by atomic mass is 10.0. The van der Waals surface area contributed by atoms with Crippen molar-refractivity contribution in [1.82, 2.24) is 14.8 Å². The second kappa shape index (κ2) is 8.49. The van der Waals surface area contributed by atoms with Crippen molar-refractivity contribution in [3.05, 3.63) is 77.2 Å². The summed E-state index contributed by atoms with van der Waals surface area (Å²) in [6, 6.07) is 9.31. The highest BCUT2D eigenvalue weighted by atomic mass is 32.2. The van der Waals surface area contributed by atoms with E-state index in [-0.39, 0.29) is 28.4 Å². The number of aromatic nitrogens is 3. The molecule has 1 aliphatic heterocycles. The van der Waals surface area contributed by atoms with Gasteiger partial charge in [0, 0.05) is 11.6 Å². The minimum absolute atomic E-state index is 0.0207. The number of amides is 1. The number of rotatable bonds is 4. The Morgan fingerprint density at radius 3 is 2.43 bits per heavy atom. The number of anilines is 1. The molecule has 0 radical (unpaired) electrons. The van der Waals surface area contributed by atoms with Gasteiger partial charge in [-0.25, -0.2) is 31.3 Å². The van der Waals surface area contributed by atoms with E-state index in [2.05, 4.69) is 15.4 Å². The summed E-state index contributed by atoms with van der Waals surface area (Å²) in [6.45, 7) is 1.66. The fourth-order valence-electron chi connectivity index (χ4n) is 4.26. The summed E-state index contributed by atoms with van der Waals surface area (Å²) in [4.78, 5) is 17.9. The third-order valence-corrected chi connectivity index (χ3v) is 7.71. The molecular formula is C24H19F3N4O3S. The minimum Gasteiger partial charge on any atom is -0.319 e. The van der Waals surface area contributed by atoms with E-state index < -0.39 is 39.2 Å². The third-order valence-electron chi connectivity index (χ3n) is 5.96. The highest BCUT2D eigenvalue weighted by Crippen LogP contribution is 2.32. The Hall–Kier alpha value is -3.73. The van der Waals surface area contributed by atoms with Gasteiger partial charge in [-0.3, -0.25) is 4.79 Å². The first-order chi connectivity index (χ1) is 16.6. The molecule has 3 heterocycles. The van der Waals surface area contributed by atoms with Crippen molar-refractivity contribution in [2.45, 2.75) is 19.4 Å². The number of carbonyl (C=O) groups excluding carboxylic acids is 1. The van der Waals surface area contributed by atoms with Gasteiger partial charge in [-0.15, -0.1) is 0 Å². The van der Waals surface area contributed by atoms with Crippen LogP contribution in [-0.2, 0) is 9.84 Å². The maximum absolute atomic E-state index is 14.2. The van der Waals surface area contributed by atoms with Crippen LogP contribution in [0.25, 0.3) is 22.3 Å². The third kappa shape index (κ3) is 4.39. The van der Waals surface area contributed by atoms with E-state index in [1.54, 1.807) is 6.92 Å². The SMILES string of the molecule is Cc1nn(C2CCS(=O)(=O)C2)c2nc(-c3ccc(F)cc3)cc(C(=O)Nc3ccc(F)cc3F)c12. The standard InChI is InChI=1S/C24H19F3N4O3S/c1-13-22-18(24(32)29-20-7-6-16(26)10-19(20)27)11-21(14-2-4-15(25)5-3-14)28-23(22)31(30-13)17-8-9-35(33,34)12-17/h2-7,10-11,17H,8-9,12H2,1H3,(H,29,32). The van der Waals surface area contributed by atoms with E-state index in [9.17, 15) is 26.4 Å². The maximum Gasteiger partial charge on any atom is 0.256 e. The smallest absolute Gasteiger partial charge is 0.256 e. The van der Waals surface area contributed by atoms with Gasteiger partial charge in [-0.05, 0) is 55.8 Å². The zero-order valence-electron chi connectivity index (χ0n) is 18.4. The number of hydrogen-bond donors (Lipinski definition) is 1. The molecule has 0 saturated carbocycles. The van der Waals surface area contributed by atoms with E-state index in [4.69, 9.17) is 0 Å². The lowest BCUT2D eigenvalue weighted by Crippen LogP contribution is -2.15. The lowest BCUT2D eigenvalue weighted by molar-refractivity contribution is 0.102. The number of nitrogens with one attached hydrogen (secondary N) is 1. The highest BCUT2D eigenvalue weighted by molar-refractivity contribution is 7.91. The van der Waals surface area contributed by atoms with Crippen molar-refractivity contribution in [3.63, 3.8) is 0 Å². The maximum atomic E-state index is 14.2. The Labute approximate surface area is 198 Å². The van der Waals surface area contributed by atoms with Gasteiger partial charge in [-0.2, -0.15) is 5.10 Å². The van der Waals surface area contributed by atoms with Crippen LogP contribution in [0.2, 0.25) is 0 Å². The average Bonchev–Trinajstić information content (AvgIpc) is 3.34. The number of carbonyl (C=O) groups is 1. The second-order valence-corrected chi connectivity index (χ2v) is 10.7. The predicted molar refractivity (Wildman–Crippen MR) is 124 cm³/mol. The summed E-state index contributed by atoms with van der Waals surface area (Å²) < 4.78 is 66.7. The topological polar surface area (TPSA) is 93.9 Å². The van der Waals surface area contributed by atoms with Crippen molar-refractivity contribution >= 4 is 32.5 Å². The van der Waals surface area contributed by atoms with Gasteiger partial charge in [-0.1, -0.05) is 0 Å². The van der Waals surface area contributed by atoms with Crippen molar-refractivity contribution in [3.8, 4) is 11.3 Å². The summed E-state index contributed by atoms with van der Waals surface area (Å²) in [5.74, 6) is -2.94. The van der Waals surface area contributed by atoms with E-state index in [0.29, 0.717) is 34.8 Å². The molecule has 1 aliphatic rings. The molecule has 1 atom stereocenters. The van der Waals surface area contributed by atoms with E-state index >= 15 is 0 Å². The van der Waals surface area contributed by atoms with E-state index in [1.807, 2.05) is 0 Å². The van der Waals surface area contributed by atoms with Gasteiger partial charge in [0.1, 0.15) is 17.5 Å². The van der Waals surface area contributed by atoms with Crippen LogP contribution in [0, 0.1) is 24.4 Å². The fraction of sp³-hybridized carbons (Fsp3) is 0.208. The summed E-state index contributed by atoms with van der Waals surface area (Å²) >= 11 is 0. The zero-order valence-corrected chi connectivity index (χ0v) is 19.2. The number of nitrogens with zero attached hydrogens (tertiary/aromatic N) is 3. The molecule has 2 aromatic heterocycles. The van der Waals surface area contributed by atoms with Crippen LogP contribution in [-0.4, -0.2) is 40.6 Å². The molecule has 1 amide bonds. The van der Waals surface area contributed by atoms with Crippen molar-refractivity contribution in [1.29, 1.82) is 0 Å². The van der Waals surface area contributed by atoms with Crippen molar-refractivity contribution in [2.24, 2.45) is 0 Å². The Bertz CT molecular complexity index is 1580. The summed E-state index contributed by atoms with van der Waals surface area (Å²) in [7, 11) is -3.23. The molecule has 5 rings (SSSR count). The van der Waals surface area contributed by atoms with Crippen molar-refractivity contribution in [2.75, 3.05) is 16.8 Å². The normalized spacial score (nSPS) is 17.1. The predicted octanol–water partition coefficient (Wildman–Crippen LogP) is 4.44. The zero-order chi connectivity index (χ0) is 24.9. The summed E-state index contributed by atoms with van der Waals surface area (Å²) in [5.41, 5.74) is 1.46. The summed E-state index contributed by atoms with van der Waals surface area (Å²) in [6.07, 6.45) is 0.351. The molecule has 180 valence electrons. The summed E-state index contributed by atoms with van der Waals surface area (Å²) in [5, 5.41) is 7.32. The molecule has 11 heteroatoms. The molecule has 2 aromatic carbocycles. The molecular weight excluding hydrogens is 481 g/mol. The van der Waals surface area contributed by atoms with Crippen LogP contribution in [0.5, 0.6) is 0 Å². The average molecular weight is 501 g/mol. The number of sulfone groups is 1. The van der Waals surface area contributed by atoms with Crippen LogP contribution in [0.4, 0.5) is 18.9 Å². The Morgan fingerprint density at radius 2 is 1.77 bits per heavy atom. The molecule has 1 N–H and O–H groups in total. The fourth-order valence-corrected chi connectivity index (χ4v) is 5.96. The molecule has 0 spiro atoms. The number of fused-ring (bicyclic) bond motifs is 1. The Balaban J connectivity index is 1.68. The van der Waals surface area contributed by atoms with Crippen LogP contribution < -0.4 is 5.32 Å². The number of pyridine rings is 1. The number of hydrogen-bond acceptors (Lipinski definition) is 5. The molecule has 1 fully saturated rings. The molecule has 1 unspecified atom stereocenters. The molecule has 0 aliphatic carbocycles. The number of aryl methyl sites for hydroxylation is 1. The van der Waals surface area contributed by atoms with E-state index in [1.165, 1.54) is 35.0 Å². The quantitative estimate of drug-likeness (QED) is 0.447. The number of benzene rings is 2.